The highest BCUT2D eigenvalue weighted by molar-refractivity contribution is 5.93. The predicted molar refractivity (Wildman–Crippen MR) is 100 cm³/mol. The quantitative estimate of drug-likeness (QED) is 0.731. The Hall–Kier alpha value is -3.26. The Kier molecular flexibility index (Phi) is 4.28. The molecule has 148 valence electrons. The Morgan fingerprint density at radius 1 is 0.931 bits per heavy atom. The van der Waals surface area contributed by atoms with Crippen molar-refractivity contribution in [2.75, 3.05) is 13.1 Å². The zero-order valence-electron chi connectivity index (χ0n) is 15.6. The lowest BCUT2D eigenvalue weighted by molar-refractivity contribution is -0.349. The van der Waals surface area contributed by atoms with Gasteiger partial charge in [-0.15, -0.1) is 10.2 Å². The van der Waals surface area contributed by atoms with Crippen molar-refractivity contribution >= 4 is 11.9 Å². The number of nitrogens with zero attached hydrogens (tertiary/aromatic N) is 3. The molecule has 4 aliphatic heterocycles. The average molecular weight is 393 g/mol. The van der Waals surface area contributed by atoms with Gasteiger partial charge in [0.25, 0.3) is 0 Å². The number of piperidine rings is 3. The highest BCUT2D eigenvalue weighted by atomic mass is 16.8. The van der Waals surface area contributed by atoms with Gasteiger partial charge in [0.15, 0.2) is 6.10 Å². The van der Waals surface area contributed by atoms with Crippen molar-refractivity contribution in [3.63, 3.8) is 0 Å². The van der Waals surface area contributed by atoms with Crippen molar-refractivity contribution in [2.24, 2.45) is 5.92 Å². The number of esters is 2. The van der Waals surface area contributed by atoms with Crippen molar-refractivity contribution in [1.29, 1.82) is 0 Å². The van der Waals surface area contributed by atoms with Crippen LogP contribution >= 0.6 is 0 Å². The summed E-state index contributed by atoms with van der Waals surface area (Å²) in [5, 5.41) is 8.43. The minimum atomic E-state index is -1.58. The van der Waals surface area contributed by atoms with Gasteiger partial charge in [-0.3, -0.25) is 0 Å². The van der Waals surface area contributed by atoms with E-state index >= 15 is 0 Å². The Morgan fingerprint density at radius 3 is 2.24 bits per heavy atom. The molecule has 1 spiro atoms. The number of aromatic nitrogens is 2. The number of carbonyl (C=O) groups is 2. The number of rotatable bonds is 3. The van der Waals surface area contributed by atoms with E-state index in [1.165, 1.54) is 0 Å². The van der Waals surface area contributed by atoms with Crippen LogP contribution in [0.1, 0.15) is 12.8 Å². The number of ether oxygens (including phenoxy) is 3. The molecule has 3 fully saturated rings. The van der Waals surface area contributed by atoms with Gasteiger partial charge in [-0.05, 0) is 18.9 Å². The van der Waals surface area contributed by atoms with Gasteiger partial charge in [0.2, 0.25) is 5.88 Å². The smallest absolute Gasteiger partial charge is 0.359 e. The minimum Gasteiger partial charge on any atom is -0.463 e. The van der Waals surface area contributed by atoms with E-state index in [-0.39, 0.29) is 11.8 Å². The van der Waals surface area contributed by atoms with E-state index in [9.17, 15) is 9.59 Å². The van der Waals surface area contributed by atoms with Crippen molar-refractivity contribution in [3.05, 3.63) is 54.6 Å². The first kappa shape index (κ1) is 17.8. The molecule has 1 unspecified atom stereocenters. The minimum absolute atomic E-state index is 0.0642. The first-order chi connectivity index (χ1) is 14.1. The van der Waals surface area contributed by atoms with E-state index in [0.29, 0.717) is 13.1 Å². The number of hydrogen-bond acceptors (Lipinski definition) is 8. The van der Waals surface area contributed by atoms with Gasteiger partial charge in [0, 0.05) is 42.8 Å². The highest BCUT2D eigenvalue weighted by Gasteiger charge is 2.62. The molecule has 0 radical (unpaired) electrons. The van der Waals surface area contributed by atoms with Gasteiger partial charge in [0.05, 0.1) is 5.69 Å². The van der Waals surface area contributed by atoms with Gasteiger partial charge < -0.3 is 14.2 Å². The second-order valence-electron chi connectivity index (χ2n) is 7.29. The van der Waals surface area contributed by atoms with Crippen LogP contribution in [0.3, 0.4) is 0 Å². The van der Waals surface area contributed by atoms with Crippen molar-refractivity contribution < 1.29 is 23.8 Å². The van der Waals surface area contributed by atoms with Crippen LogP contribution in [0.25, 0.3) is 11.3 Å². The zero-order chi connectivity index (χ0) is 19.8. The second kappa shape index (κ2) is 6.97. The summed E-state index contributed by atoms with van der Waals surface area (Å²) in [6.45, 7) is 1.31. The molecule has 3 saturated heterocycles. The normalized spacial score (nSPS) is 27.2. The standard InChI is InChI=1S/C21H19N3O5/c25-18-8-9-19(26)29-21(28-18)20(15-10-12-24(21)13-11-15)27-17-7-6-16(22-23-17)14-4-2-1-3-5-14/h1-9,15,20H,10-13H2. The average Bonchev–Trinajstić information content (AvgIpc) is 2.91. The maximum atomic E-state index is 12.1. The van der Waals surface area contributed by atoms with Crippen molar-refractivity contribution in [2.45, 2.75) is 24.9 Å². The number of fused-ring (bicyclic) bond motifs is 2. The number of carbonyl (C=O) groups excluding carboxylic acids is 2. The third-order valence-electron chi connectivity index (χ3n) is 5.57. The topological polar surface area (TPSA) is 90.9 Å². The zero-order valence-corrected chi connectivity index (χ0v) is 15.6. The van der Waals surface area contributed by atoms with E-state index in [1.54, 1.807) is 6.07 Å². The van der Waals surface area contributed by atoms with E-state index in [1.807, 2.05) is 41.3 Å². The highest BCUT2D eigenvalue weighted by Crippen LogP contribution is 2.43. The lowest BCUT2D eigenvalue weighted by atomic mass is 9.82. The first-order valence-electron chi connectivity index (χ1n) is 9.59. The van der Waals surface area contributed by atoms with E-state index in [2.05, 4.69) is 10.2 Å². The molecular formula is C21H19N3O5. The summed E-state index contributed by atoms with van der Waals surface area (Å²) in [4.78, 5) is 26.1. The third-order valence-corrected chi connectivity index (χ3v) is 5.57. The summed E-state index contributed by atoms with van der Waals surface area (Å²) >= 11 is 0. The summed E-state index contributed by atoms with van der Waals surface area (Å²) in [6, 6.07) is 13.2. The molecular weight excluding hydrogens is 374 g/mol. The fourth-order valence-electron chi connectivity index (χ4n) is 4.20. The van der Waals surface area contributed by atoms with E-state index < -0.39 is 24.0 Å². The molecule has 4 aliphatic rings. The van der Waals surface area contributed by atoms with Gasteiger partial charge >= 0.3 is 17.8 Å². The van der Waals surface area contributed by atoms with E-state index in [4.69, 9.17) is 14.2 Å². The molecule has 1 aromatic carbocycles. The fraction of sp³-hybridized carbons (Fsp3) is 0.333. The van der Waals surface area contributed by atoms with Crippen LogP contribution < -0.4 is 4.74 Å². The number of hydrogen-bond donors (Lipinski definition) is 0. The maximum Gasteiger partial charge on any atom is 0.359 e. The number of benzene rings is 1. The van der Waals surface area contributed by atoms with Gasteiger partial charge in [-0.2, -0.15) is 0 Å². The van der Waals surface area contributed by atoms with Crippen molar-refractivity contribution in [3.8, 4) is 17.1 Å². The van der Waals surface area contributed by atoms with Crippen LogP contribution in [0.4, 0.5) is 0 Å². The molecule has 0 amide bonds. The molecule has 2 bridgehead atoms. The summed E-state index contributed by atoms with van der Waals surface area (Å²) < 4.78 is 17.3. The molecule has 8 heteroatoms. The SMILES string of the molecule is O=C1C=CC(=O)OC2(O1)C(Oc1ccc(-c3ccccc3)nn1)C1CCN2CC1. The predicted octanol–water partition coefficient (Wildman–Crippen LogP) is 1.93. The lowest BCUT2D eigenvalue weighted by Gasteiger charge is -2.54. The van der Waals surface area contributed by atoms with Crippen molar-refractivity contribution in [1.82, 2.24) is 15.1 Å². The molecule has 0 aliphatic carbocycles. The Balaban J connectivity index is 1.44. The van der Waals surface area contributed by atoms with Crippen LogP contribution in [-0.4, -0.2) is 52.1 Å². The fourth-order valence-corrected chi connectivity index (χ4v) is 4.20. The molecule has 5 heterocycles. The van der Waals surface area contributed by atoms with Crippen LogP contribution in [-0.2, 0) is 19.1 Å². The van der Waals surface area contributed by atoms with Crippen LogP contribution in [0.5, 0.6) is 5.88 Å². The van der Waals surface area contributed by atoms with E-state index in [0.717, 1.165) is 36.3 Å². The molecule has 2 aromatic rings. The summed E-state index contributed by atoms with van der Waals surface area (Å²) in [5.41, 5.74) is 1.67. The Morgan fingerprint density at radius 2 is 1.62 bits per heavy atom. The van der Waals surface area contributed by atoms with Gasteiger partial charge in [-0.1, -0.05) is 30.3 Å². The first-order valence-corrected chi connectivity index (χ1v) is 9.59. The molecule has 0 N–H and O–H groups in total. The van der Waals surface area contributed by atoms with Crippen LogP contribution in [0.2, 0.25) is 0 Å². The Labute approximate surface area is 167 Å². The molecule has 1 aromatic heterocycles. The molecule has 6 rings (SSSR count). The monoisotopic (exact) mass is 393 g/mol. The van der Waals surface area contributed by atoms with Crippen LogP contribution in [0.15, 0.2) is 54.6 Å². The molecule has 29 heavy (non-hydrogen) atoms. The summed E-state index contributed by atoms with van der Waals surface area (Å²) in [6.07, 6.45) is 3.17. The lowest BCUT2D eigenvalue weighted by Crippen LogP contribution is -2.71. The maximum absolute atomic E-state index is 12.1. The summed E-state index contributed by atoms with van der Waals surface area (Å²) in [5.74, 6) is -2.51. The van der Waals surface area contributed by atoms with Crippen LogP contribution in [0, 0.1) is 5.92 Å². The molecule has 1 atom stereocenters. The van der Waals surface area contributed by atoms with Gasteiger partial charge in [0.1, 0.15) is 0 Å². The second-order valence-corrected chi connectivity index (χ2v) is 7.29. The Bertz CT molecular complexity index is 932. The molecule has 0 saturated carbocycles. The summed E-state index contributed by atoms with van der Waals surface area (Å²) in [7, 11) is 0. The molecule has 8 nitrogen and oxygen atoms in total. The third kappa shape index (κ3) is 3.15. The van der Waals surface area contributed by atoms with Gasteiger partial charge in [-0.25, -0.2) is 14.5 Å². The largest absolute Gasteiger partial charge is 0.463 e.